The first-order chi connectivity index (χ1) is 21.0. The van der Waals surface area contributed by atoms with E-state index in [0.29, 0.717) is 17.7 Å². The molecule has 7 nitrogen and oxygen atoms in total. The summed E-state index contributed by atoms with van der Waals surface area (Å²) in [6, 6.07) is 25.0. The van der Waals surface area contributed by atoms with Gasteiger partial charge in [-0.25, -0.2) is 0 Å². The molecule has 1 saturated heterocycles. The Labute approximate surface area is 256 Å². The number of hydrogen-bond acceptors (Lipinski definition) is 6. The predicted octanol–water partition coefficient (Wildman–Crippen LogP) is 5.03. The van der Waals surface area contributed by atoms with Crippen LogP contribution in [0.15, 0.2) is 78.9 Å². The van der Waals surface area contributed by atoms with Gasteiger partial charge in [-0.3, -0.25) is 4.79 Å². The fourth-order valence-electron chi connectivity index (χ4n) is 6.68. The number of likely N-dealkylation sites (tertiary alicyclic amines) is 1. The number of carbonyl (C=O) groups excluding carboxylic acids is 1. The molecule has 3 aromatic rings. The smallest absolute Gasteiger partial charge is 0.232 e. The maximum absolute atomic E-state index is 13.3. The highest BCUT2D eigenvalue weighted by Gasteiger charge is 2.49. The monoisotopic (exact) mass is 587 g/mol. The highest BCUT2D eigenvalue weighted by atomic mass is 16.3. The van der Waals surface area contributed by atoms with Gasteiger partial charge >= 0.3 is 0 Å². The van der Waals surface area contributed by atoms with Crippen LogP contribution in [-0.4, -0.2) is 58.9 Å². The second-order valence-electron chi connectivity index (χ2n) is 11.9. The average Bonchev–Trinajstić information content (AvgIpc) is 3.50. The fourth-order valence-corrected chi connectivity index (χ4v) is 6.68. The number of unbranched alkanes of at least 4 members (excludes halogenated alkanes) is 6. The molecule has 1 amide bonds. The lowest BCUT2D eigenvalue weighted by Gasteiger charge is -2.37. The summed E-state index contributed by atoms with van der Waals surface area (Å²) in [5.41, 5.74) is 8.51. The zero-order valence-electron chi connectivity index (χ0n) is 25.3. The lowest BCUT2D eigenvalue weighted by atomic mass is 9.64. The van der Waals surface area contributed by atoms with Crippen LogP contribution in [0.5, 0.6) is 5.75 Å². The van der Waals surface area contributed by atoms with E-state index in [0.717, 1.165) is 50.1 Å². The second-order valence-corrected chi connectivity index (χ2v) is 11.9. The van der Waals surface area contributed by atoms with Gasteiger partial charge in [0.15, 0.2) is 0 Å². The average molecular weight is 588 g/mol. The summed E-state index contributed by atoms with van der Waals surface area (Å²) >= 11 is 0. The minimum atomic E-state index is -0.820. The number of primary amides is 1. The number of nitrogens with one attached hydrogen (secondary N) is 1. The van der Waals surface area contributed by atoms with E-state index in [2.05, 4.69) is 10.2 Å². The van der Waals surface area contributed by atoms with Gasteiger partial charge in [-0.2, -0.15) is 0 Å². The Morgan fingerprint density at radius 2 is 1.51 bits per heavy atom. The molecule has 0 aliphatic carbocycles. The van der Waals surface area contributed by atoms with E-state index in [1.807, 2.05) is 60.7 Å². The zero-order chi connectivity index (χ0) is 30.5. The topological polar surface area (TPSA) is 119 Å². The van der Waals surface area contributed by atoms with Crippen LogP contribution in [0.3, 0.4) is 0 Å². The molecule has 1 aliphatic rings. The lowest BCUT2D eigenvalue weighted by Crippen LogP contribution is -2.49. The van der Waals surface area contributed by atoms with Gasteiger partial charge in [-0.1, -0.05) is 98.8 Å². The summed E-state index contributed by atoms with van der Waals surface area (Å²) in [7, 11) is 0. The molecule has 2 atom stereocenters. The van der Waals surface area contributed by atoms with Gasteiger partial charge in [0.05, 0.1) is 12.7 Å². The lowest BCUT2D eigenvalue weighted by molar-refractivity contribution is -0.123. The van der Waals surface area contributed by atoms with E-state index in [9.17, 15) is 20.1 Å². The van der Waals surface area contributed by atoms with Crippen LogP contribution in [-0.2, 0) is 16.8 Å². The maximum Gasteiger partial charge on any atom is 0.232 e. The van der Waals surface area contributed by atoms with Crippen LogP contribution in [0.4, 0.5) is 0 Å². The molecule has 3 aromatic carbocycles. The van der Waals surface area contributed by atoms with Crippen molar-refractivity contribution in [2.45, 2.75) is 69.5 Å². The molecule has 43 heavy (non-hydrogen) atoms. The molecule has 1 aliphatic heterocycles. The van der Waals surface area contributed by atoms with Gasteiger partial charge in [-0.15, -0.1) is 0 Å². The number of rotatable bonds is 18. The van der Waals surface area contributed by atoms with Crippen molar-refractivity contribution in [3.63, 3.8) is 0 Å². The molecule has 0 bridgehead atoms. The quantitative estimate of drug-likeness (QED) is 0.133. The summed E-state index contributed by atoms with van der Waals surface area (Å²) in [6.45, 7) is 3.99. The van der Waals surface area contributed by atoms with Crippen LogP contribution in [0.25, 0.3) is 0 Å². The predicted molar refractivity (Wildman–Crippen MR) is 172 cm³/mol. The summed E-state index contributed by atoms with van der Waals surface area (Å²) in [4.78, 5) is 15.8. The molecule has 0 unspecified atom stereocenters. The Bertz CT molecular complexity index is 1210. The minimum Gasteiger partial charge on any atom is -0.508 e. The summed E-state index contributed by atoms with van der Waals surface area (Å²) < 4.78 is 0. The Kier molecular flexibility index (Phi) is 12.6. The third-order valence-electron chi connectivity index (χ3n) is 9.06. The Morgan fingerprint density at radius 3 is 2.12 bits per heavy atom. The van der Waals surface area contributed by atoms with E-state index in [4.69, 9.17) is 5.73 Å². The number of carbonyl (C=O) groups is 1. The molecule has 6 N–H and O–H groups in total. The normalized spacial score (nSPS) is 16.4. The number of amides is 1. The molecule has 0 saturated carbocycles. The number of aliphatic hydroxyl groups is 2. The number of aliphatic hydroxyl groups excluding tert-OH is 2. The van der Waals surface area contributed by atoms with Gasteiger partial charge in [-0.05, 0) is 73.6 Å². The van der Waals surface area contributed by atoms with Gasteiger partial charge in [0.25, 0.3) is 0 Å². The van der Waals surface area contributed by atoms with E-state index in [-0.39, 0.29) is 24.2 Å². The van der Waals surface area contributed by atoms with Crippen molar-refractivity contribution < 1.29 is 20.1 Å². The van der Waals surface area contributed by atoms with Crippen LogP contribution in [0.1, 0.15) is 79.7 Å². The standard InChI is InChI=1S/C36H49N3O4/c37-35(43)36(30-14-8-6-9-15-30,31-16-10-7-11-17-31)32-20-23-39(26-32)22-13-5-3-1-2-4-12-21-38-25-34(42)28-18-19-33(41)29(24-28)27-40/h6-11,14-19,24,32,34,38,40-42H,1-5,12-13,20-23,25-27H2,(H2,37,43)/t32-,34-/m1/s1. The van der Waals surface area contributed by atoms with Crippen LogP contribution in [0.2, 0.25) is 0 Å². The Hall–Kier alpha value is -3.23. The molecule has 0 aromatic heterocycles. The summed E-state index contributed by atoms with van der Waals surface area (Å²) in [5, 5.41) is 32.6. The number of nitrogens with zero attached hydrogens (tertiary/aromatic N) is 1. The molecule has 4 rings (SSSR count). The summed E-state index contributed by atoms with van der Waals surface area (Å²) in [6.07, 6.45) is 8.59. The summed E-state index contributed by atoms with van der Waals surface area (Å²) in [5.74, 6) is -0.0780. The van der Waals surface area contributed by atoms with Crippen molar-refractivity contribution in [3.05, 3.63) is 101 Å². The van der Waals surface area contributed by atoms with Gasteiger partial charge in [0.1, 0.15) is 11.2 Å². The third-order valence-corrected chi connectivity index (χ3v) is 9.06. The van der Waals surface area contributed by atoms with Crippen LogP contribution in [0, 0.1) is 5.92 Å². The number of aromatic hydroxyl groups is 1. The molecular formula is C36H49N3O4. The number of benzene rings is 3. The molecule has 0 radical (unpaired) electrons. The highest BCUT2D eigenvalue weighted by Crippen LogP contribution is 2.43. The van der Waals surface area contributed by atoms with Crippen molar-refractivity contribution in [1.29, 1.82) is 0 Å². The first-order valence-corrected chi connectivity index (χ1v) is 15.9. The van der Waals surface area contributed by atoms with Crippen molar-refractivity contribution in [3.8, 4) is 5.75 Å². The number of hydrogen-bond donors (Lipinski definition) is 5. The SMILES string of the molecule is NC(=O)C(c1ccccc1)(c1ccccc1)[C@@H]1CCN(CCCCCCCCCNC[C@@H](O)c2ccc(O)c(CO)c2)C1. The van der Waals surface area contributed by atoms with Crippen molar-refractivity contribution >= 4 is 5.91 Å². The molecule has 0 spiro atoms. The van der Waals surface area contributed by atoms with Crippen molar-refractivity contribution in [1.82, 2.24) is 10.2 Å². The van der Waals surface area contributed by atoms with Gasteiger partial charge < -0.3 is 31.3 Å². The molecule has 7 heteroatoms. The van der Waals surface area contributed by atoms with E-state index in [1.54, 1.807) is 12.1 Å². The van der Waals surface area contributed by atoms with Crippen molar-refractivity contribution in [2.75, 3.05) is 32.7 Å². The van der Waals surface area contributed by atoms with Crippen LogP contribution >= 0.6 is 0 Å². The Balaban J connectivity index is 1.12. The molecule has 232 valence electrons. The minimum absolute atomic E-state index is 0.0463. The zero-order valence-corrected chi connectivity index (χ0v) is 25.3. The van der Waals surface area contributed by atoms with E-state index >= 15 is 0 Å². The maximum atomic E-state index is 13.3. The number of phenols is 1. The van der Waals surface area contributed by atoms with Gasteiger partial charge in [0, 0.05) is 18.7 Å². The van der Waals surface area contributed by atoms with E-state index < -0.39 is 11.5 Å². The third kappa shape index (κ3) is 8.45. The molecule has 1 fully saturated rings. The molecular weight excluding hydrogens is 538 g/mol. The first-order valence-electron chi connectivity index (χ1n) is 15.9. The fraction of sp³-hybridized carbons (Fsp3) is 0.472. The highest BCUT2D eigenvalue weighted by molar-refractivity contribution is 5.91. The first kappa shape index (κ1) is 32.7. The number of nitrogens with two attached hydrogens (primary N) is 1. The van der Waals surface area contributed by atoms with Gasteiger partial charge in [0.2, 0.25) is 5.91 Å². The van der Waals surface area contributed by atoms with Crippen molar-refractivity contribution in [2.24, 2.45) is 11.7 Å². The Morgan fingerprint density at radius 1 is 0.907 bits per heavy atom. The largest absolute Gasteiger partial charge is 0.508 e. The second kappa shape index (κ2) is 16.6. The van der Waals surface area contributed by atoms with E-state index in [1.165, 1.54) is 44.6 Å². The van der Waals surface area contributed by atoms with Crippen LogP contribution < -0.4 is 11.1 Å². The molecule has 1 heterocycles.